The molecule has 2 aliphatic heterocycles. The maximum atomic E-state index is 12.6. The molecule has 4 rings (SSSR count). The molecule has 2 aromatic rings. The van der Waals surface area contributed by atoms with Crippen LogP contribution in [0.25, 0.3) is 0 Å². The fourth-order valence-corrected chi connectivity index (χ4v) is 3.90. The first-order chi connectivity index (χ1) is 13.1. The topological polar surface area (TPSA) is 82.4 Å². The van der Waals surface area contributed by atoms with Crippen LogP contribution in [-0.4, -0.2) is 36.4 Å². The summed E-state index contributed by atoms with van der Waals surface area (Å²) in [5.74, 6) is 0.416. The van der Waals surface area contributed by atoms with Gasteiger partial charge in [-0.05, 0) is 42.7 Å². The number of nitrogens with zero attached hydrogens (tertiary/aromatic N) is 2. The summed E-state index contributed by atoms with van der Waals surface area (Å²) < 4.78 is 5.54. The summed E-state index contributed by atoms with van der Waals surface area (Å²) in [6.07, 6.45) is 1.21. The molecule has 6 nitrogen and oxygen atoms in total. The monoisotopic (exact) mass is 361 g/mol. The molecule has 2 aromatic carbocycles. The summed E-state index contributed by atoms with van der Waals surface area (Å²) in [5.41, 5.74) is 1.87. The molecule has 0 bridgehead atoms. The van der Waals surface area contributed by atoms with Gasteiger partial charge in [-0.15, -0.1) is 0 Å². The van der Waals surface area contributed by atoms with E-state index in [0.29, 0.717) is 37.2 Å². The second-order valence-electron chi connectivity index (χ2n) is 6.89. The van der Waals surface area contributed by atoms with E-state index in [1.54, 1.807) is 29.2 Å². The molecule has 2 amide bonds. The first-order valence-corrected chi connectivity index (χ1v) is 8.94. The van der Waals surface area contributed by atoms with E-state index in [1.165, 1.54) is 0 Å². The van der Waals surface area contributed by atoms with Gasteiger partial charge in [-0.2, -0.15) is 5.26 Å². The summed E-state index contributed by atoms with van der Waals surface area (Å²) in [4.78, 5) is 26.8. The van der Waals surface area contributed by atoms with Crippen molar-refractivity contribution in [3.05, 3.63) is 59.7 Å². The van der Waals surface area contributed by atoms with Crippen LogP contribution in [0.1, 0.15) is 24.0 Å². The lowest BCUT2D eigenvalue weighted by atomic mass is 9.73. The van der Waals surface area contributed by atoms with Crippen molar-refractivity contribution in [1.29, 1.82) is 5.26 Å². The van der Waals surface area contributed by atoms with Gasteiger partial charge in [-0.3, -0.25) is 9.59 Å². The maximum Gasteiger partial charge on any atom is 0.260 e. The number of ether oxygens (including phenoxy) is 1. The number of likely N-dealkylation sites (tertiary alicyclic amines) is 1. The van der Waals surface area contributed by atoms with Crippen LogP contribution in [0, 0.1) is 11.3 Å². The second kappa shape index (κ2) is 6.76. The number of piperidine rings is 1. The maximum absolute atomic E-state index is 12.6. The van der Waals surface area contributed by atoms with Crippen molar-refractivity contribution in [2.24, 2.45) is 0 Å². The molecule has 6 heteroatoms. The number of nitrogens with one attached hydrogen (secondary N) is 1. The lowest BCUT2D eigenvalue weighted by Gasteiger charge is -2.37. The van der Waals surface area contributed by atoms with E-state index in [1.807, 2.05) is 30.3 Å². The minimum Gasteiger partial charge on any atom is -0.484 e. The number of benzene rings is 2. The molecule has 0 aromatic heterocycles. The first-order valence-electron chi connectivity index (χ1n) is 8.94. The van der Waals surface area contributed by atoms with Crippen molar-refractivity contribution in [3.8, 4) is 11.8 Å². The van der Waals surface area contributed by atoms with Gasteiger partial charge in [0.15, 0.2) is 6.61 Å². The van der Waals surface area contributed by atoms with Crippen LogP contribution < -0.4 is 10.1 Å². The Morgan fingerprint density at radius 1 is 1.19 bits per heavy atom. The molecule has 0 radical (unpaired) electrons. The van der Waals surface area contributed by atoms with Crippen molar-refractivity contribution in [1.82, 2.24) is 4.90 Å². The van der Waals surface area contributed by atoms with Gasteiger partial charge in [0.1, 0.15) is 5.75 Å². The number of carbonyl (C=O) groups is 2. The third-order valence-electron chi connectivity index (χ3n) is 5.42. The van der Waals surface area contributed by atoms with E-state index in [9.17, 15) is 9.59 Å². The third kappa shape index (κ3) is 3.02. The Balaban J connectivity index is 1.39. The summed E-state index contributed by atoms with van der Waals surface area (Å²) in [6.45, 7) is 0.953. The number of fused-ring (bicyclic) bond motifs is 2. The number of rotatable bonds is 3. The van der Waals surface area contributed by atoms with Gasteiger partial charge in [-0.1, -0.05) is 24.3 Å². The van der Waals surface area contributed by atoms with E-state index in [-0.39, 0.29) is 18.4 Å². The predicted octanol–water partition coefficient (Wildman–Crippen LogP) is 2.45. The Morgan fingerprint density at radius 3 is 2.74 bits per heavy atom. The van der Waals surface area contributed by atoms with Crippen molar-refractivity contribution >= 4 is 17.5 Å². The van der Waals surface area contributed by atoms with E-state index in [0.717, 1.165) is 11.3 Å². The van der Waals surface area contributed by atoms with E-state index in [2.05, 4.69) is 5.32 Å². The summed E-state index contributed by atoms with van der Waals surface area (Å²) in [7, 11) is 0. The van der Waals surface area contributed by atoms with Gasteiger partial charge in [0.25, 0.3) is 5.91 Å². The Bertz CT molecular complexity index is 940. The highest BCUT2D eigenvalue weighted by Crippen LogP contribution is 2.44. The molecule has 0 unspecified atom stereocenters. The third-order valence-corrected chi connectivity index (χ3v) is 5.42. The van der Waals surface area contributed by atoms with Gasteiger partial charge >= 0.3 is 0 Å². The number of hydrogen-bond donors (Lipinski definition) is 1. The summed E-state index contributed by atoms with van der Waals surface area (Å²) in [6, 6.07) is 16.6. The molecule has 2 heterocycles. The number of hydrogen-bond acceptors (Lipinski definition) is 4. The molecular formula is C21H19N3O3. The zero-order chi connectivity index (χ0) is 18.9. The molecule has 27 heavy (non-hydrogen) atoms. The molecule has 2 aliphatic rings. The molecule has 0 saturated carbocycles. The zero-order valence-electron chi connectivity index (χ0n) is 14.8. The number of para-hydroxylation sites is 1. The molecule has 1 saturated heterocycles. The van der Waals surface area contributed by atoms with Crippen LogP contribution in [0.15, 0.2) is 48.5 Å². The molecule has 1 spiro atoms. The van der Waals surface area contributed by atoms with Crippen LogP contribution in [-0.2, 0) is 15.0 Å². The Hall–Kier alpha value is -3.33. The highest BCUT2D eigenvalue weighted by atomic mass is 16.5. The highest BCUT2D eigenvalue weighted by Gasteiger charge is 2.48. The smallest absolute Gasteiger partial charge is 0.260 e. The SMILES string of the molecule is N#Cc1cccc(OCC(=O)N2CCC3(CC2)C(=O)Nc2ccccc23)c1. The lowest BCUT2D eigenvalue weighted by molar-refractivity contribution is -0.137. The van der Waals surface area contributed by atoms with Crippen LogP contribution in [0.5, 0.6) is 5.75 Å². The molecule has 0 atom stereocenters. The summed E-state index contributed by atoms with van der Waals surface area (Å²) >= 11 is 0. The Morgan fingerprint density at radius 2 is 1.96 bits per heavy atom. The fraction of sp³-hybridized carbons (Fsp3) is 0.286. The van der Waals surface area contributed by atoms with E-state index < -0.39 is 5.41 Å². The van der Waals surface area contributed by atoms with Crippen LogP contribution >= 0.6 is 0 Å². The summed E-state index contributed by atoms with van der Waals surface area (Å²) in [5, 5.41) is 11.9. The standard InChI is InChI=1S/C21H19N3O3/c22-13-15-4-3-5-16(12-15)27-14-19(25)24-10-8-21(9-11-24)17-6-1-2-7-18(17)23-20(21)26/h1-7,12H,8-11,14H2,(H,23,26). The van der Waals surface area contributed by atoms with Crippen molar-refractivity contribution in [2.75, 3.05) is 25.0 Å². The zero-order valence-corrected chi connectivity index (χ0v) is 14.8. The molecule has 1 fully saturated rings. The average Bonchev–Trinajstić information content (AvgIpc) is 2.98. The highest BCUT2D eigenvalue weighted by molar-refractivity contribution is 6.06. The van der Waals surface area contributed by atoms with E-state index >= 15 is 0 Å². The van der Waals surface area contributed by atoms with Crippen LogP contribution in [0.3, 0.4) is 0 Å². The molecule has 136 valence electrons. The normalized spacial score (nSPS) is 17.1. The van der Waals surface area contributed by atoms with Crippen molar-refractivity contribution in [3.63, 3.8) is 0 Å². The minimum absolute atomic E-state index is 0.0281. The van der Waals surface area contributed by atoms with Gasteiger partial charge in [0.2, 0.25) is 5.91 Å². The molecular weight excluding hydrogens is 342 g/mol. The lowest BCUT2D eigenvalue weighted by Crippen LogP contribution is -2.49. The van der Waals surface area contributed by atoms with Gasteiger partial charge in [0.05, 0.1) is 17.0 Å². The Kier molecular flexibility index (Phi) is 4.28. The average molecular weight is 361 g/mol. The van der Waals surface area contributed by atoms with Gasteiger partial charge in [0, 0.05) is 18.8 Å². The number of nitriles is 1. The quantitative estimate of drug-likeness (QED) is 0.910. The van der Waals surface area contributed by atoms with Crippen molar-refractivity contribution < 1.29 is 14.3 Å². The number of carbonyl (C=O) groups excluding carboxylic acids is 2. The fourth-order valence-electron chi connectivity index (χ4n) is 3.90. The first kappa shape index (κ1) is 17.1. The Labute approximate surface area is 157 Å². The van der Waals surface area contributed by atoms with Crippen LogP contribution in [0.2, 0.25) is 0 Å². The van der Waals surface area contributed by atoms with E-state index in [4.69, 9.17) is 10.00 Å². The minimum atomic E-state index is -0.532. The predicted molar refractivity (Wildman–Crippen MR) is 99.2 cm³/mol. The largest absolute Gasteiger partial charge is 0.484 e. The number of amides is 2. The molecule has 0 aliphatic carbocycles. The van der Waals surface area contributed by atoms with Crippen LogP contribution in [0.4, 0.5) is 5.69 Å². The van der Waals surface area contributed by atoms with Gasteiger partial charge in [-0.25, -0.2) is 0 Å². The van der Waals surface area contributed by atoms with Gasteiger partial charge < -0.3 is 15.0 Å². The molecule has 1 N–H and O–H groups in total. The second-order valence-corrected chi connectivity index (χ2v) is 6.89. The van der Waals surface area contributed by atoms with Crippen molar-refractivity contribution in [2.45, 2.75) is 18.3 Å². The number of anilines is 1.